The van der Waals surface area contributed by atoms with Gasteiger partial charge >= 0.3 is 0 Å². The average Bonchev–Trinajstić information content (AvgIpc) is 2.54. The minimum Gasteiger partial charge on any atom is -0.365 e. The van der Waals surface area contributed by atoms with Crippen LogP contribution >= 0.6 is 0 Å². The Balaban J connectivity index is 1.97. The van der Waals surface area contributed by atoms with Crippen molar-refractivity contribution >= 4 is 11.7 Å². The van der Waals surface area contributed by atoms with E-state index in [1.165, 1.54) is 0 Å². The summed E-state index contributed by atoms with van der Waals surface area (Å²) in [6.45, 7) is 2.93. The maximum atomic E-state index is 11.5. The van der Waals surface area contributed by atoms with Gasteiger partial charge in [0.05, 0.1) is 11.6 Å². The van der Waals surface area contributed by atoms with Gasteiger partial charge in [-0.1, -0.05) is 12.1 Å². The van der Waals surface area contributed by atoms with E-state index in [1.807, 2.05) is 25.1 Å². The Kier molecular flexibility index (Phi) is 4.83. The number of anilines is 1. The maximum absolute atomic E-state index is 11.5. The van der Waals surface area contributed by atoms with Crippen LogP contribution < -0.4 is 10.6 Å². The zero-order valence-corrected chi connectivity index (χ0v) is 11.6. The standard InChI is InChI=1S/C15H15N5O/c1-2-17-15(21)13-6-7-14(20-19-13)18-10-12-5-3-4-11(8-12)9-16/h3-8H,2,10H2,1H3,(H,17,21)(H,18,20). The molecule has 0 saturated heterocycles. The van der Waals surface area contributed by atoms with Gasteiger partial charge < -0.3 is 10.6 Å². The summed E-state index contributed by atoms with van der Waals surface area (Å²) in [5.74, 6) is 0.337. The van der Waals surface area contributed by atoms with Gasteiger partial charge in [-0.25, -0.2) is 0 Å². The zero-order chi connectivity index (χ0) is 15.1. The van der Waals surface area contributed by atoms with E-state index in [9.17, 15) is 4.79 Å². The summed E-state index contributed by atoms with van der Waals surface area (Å²) in [5, 5.41) is 22.4. The highest BCUT2D eigenvalue weighted by Crippen LogP contribution is 2.08. The summed E-state index contributed by atoms with van der Waals surface area (Å²) < 4.78 is 0. The number of nitrogens with zero attached hydrogens (tertiary/aromatic N) is 3. The number of carbonyl (C=O) groups excluding carboxylic acids is 1. The molecule has 0 atom stereocenters. The molecule has 0 bridgehead atoms. The largest absolute Gasteiger partial charge is 0.365 e. The highest BCUT2D eigenvalue weighted by Gasteiger charge is 2.06. The molecule has 0 aliphatic heterocycles. The monoisotopic (exact) mass is 281 g/mol. The van der Waals surface area contributed by atoms with Crippen LogP contribution in [0.3, 0.4) is 0 Å². The van der Waals surface area contributed by atoms with Crippen molar-refractivity contribution in [3.8, 4) is 6.07 Å². The first-order chi connectivity index (χ1) is 10.2. The molecule has 0 saturated carbocycles. The van der Waals surface area contributed by atoms with Gasteiger partial charge in [0, 0.05) is 13.1 Å². The summed E-state index contributed by atoms with van der Waals surface area (Å²) in [7, 11) is 0. The molecule has 1 amide bonds. The van der Waals surface area contributed by atoms with Crippen molar-refractivity contribution in [2.45, 2.75) is 13.5 Å². The van der Waals surface area contributed by atoms with Crippen LogP contribution in [0, 0.1) is 11.3 Å². The van der Waals surface area contributed by atoms with E-state index >= 15 is 0 Å². The van der Waals surface area contributed by atoms with Crippen molar-refractivity contribution in [1.29, 1.82) is 5.26 Å². The lowest BCUT2D eigenvalue weighted by molar-refractivity contribution is 0.0950. The third kappa shape index (κ3) is 4.01. The fourth-order valence-electron chi connectivity index (χ4n) is 1.74. The second kappa shape index (κ2) is 7.01. The Hall–Kier alpha value is -2.94. The van der Waals surface area contributed by atoms with Gasteiger partial charge in [0.1, 0.15) is 5.82 Å². The van der Waals surface area contributed by atoms with Crippen LogP contribution in [-0.4, -0.2) is 22.6 Å². The Bertz CT molecular complexity index is 661. The summed E-state index contributed by atoms with van der Waals surface area (Å²) in [4.78, 5) is 11.5. The van der Waals surface area contributed by atoms with E-state index < -0.39 is 0 Å². The minimum absolute atomic E-state index is 0.238. The fraction of sp³-hybridized carbons (Fsp3) is 0.200. The zero-order valence-electron chi connectivity index (χ0n) is 11.6. The molecule has 21 heavy (non-hydrogen) atoms. The first-order valence-electron chi connectivity index (χ1n) is 6.57. The van der Waals surface area contributed by atoms with Crippen LogP contribution in [0.25, 0.3) is 0 Å². The lowest BCUT2D eigenvalue weighted by Gasteiger charge is -2.06. The molecule has 1 heterocycles. The first-order valence-corrected chi connectivity index (χ1v) is 6.57. The van der Waals surface area contributed by atoms with Gasteiger partial charge in [-0.15, -0.1) is 10.2 Å². The average molecular weight is 281 g/mol. The van der Waals surface area contributed by atoms with E-state index in [4.69, 9.17) is 5.26 Å². The third-order valence-electron chi connectivity index (χ3n) is 2.76. The van der Waals surface area contributed by atoms with Crippen LogP contribution in [0.5, 0.6) is 0 Å². The van der Waals surface area contributed by atoms with Crippen LogP contribution in [0.4, 0.5) is 5.82 Å². The molecule has 6 heteroatoms. The van der Waals surface area contributed by atoms with E-state index in [-0.39, 0.29) is 11.6 Å². The van der Waals surface area contributed by atoms with Crippen molar-refractivity contribution < 1.29 is 4.79 Å². The Morgan fingerprint density at radius 1 is 1.29 bits per heavy atom. The number of rotatable bonds is 5. The second-order valence-electron chi connectivity index (χ2n) is 4.33. The molecule has 1 aromatic heterocycles. The summed E-state index contributed by atoms with van der Waals surface area (Å²) in [6, 6.07) is 12.7. The van der Waals surface area contributed by atoms with Crippen molar-refractivity contribution in [3.63, 3.8) is 0 Å². The molecule has 2 aromatic rings. The highest BCUT2D eigenvalue weighted by atomic mass is 16.1. The van der Waals surface area contributed by atoms with Crippen LogP contribution in [0.1, 0.15) is 28.5 Å². The number of benzene rings is 1. The Labute approximate surface area is 122 Å². The van der Waals surface area contributed by atoms with Gasteiger partial charge in [-0.3, -0.25) is 4.79 Å². The second-order valence-corrected chi connectivity index (χ2v) is 4.33. The Morgan fingerprint density at radius 3 is 2.81 bits per heavy atom. The number of carbonyl (C=O) groups is 1. The van der Waals surface area contributed by atoms with E-state index in [0.29, 0.717) is 24.5 Å². The number of aromatic nitrogens is 2. The molecule has 0 unspecified atom stereocenters. The van der Waals surface area contributed by atoms with Gasteiger partial charge in [-0.05, 0) is 36.8 Å². The van der Waals surface area contributed by atoms with E-state index in [2.05, 4.69) is 26.9 Å². The molecule has 2 rings (SSSR count). The van der Waals surface area contributed by atoms with Gasteiger partial charge in [-0.2, -0.15) is 5.26 Å². The summed E-state index contributed by atoms with van der Waals surface area (Å²) in [6.07, 6.45) is 0. The molecule has 1 aromatic carbocycles. The minimum atomic E-state index is -0.238. The predicted molar refractivity (Wildman–Crippen MR) is 78.5 cm³/mol. The molecule has 0 radical (unpaired) electrons. The third-order valence-corrected chi connectivity index (χ3v) is 2.76. The van der Waals surface area contributed by atoms with Crippen LogP contribution in [0.2, 0.25) is 0 Å². The molecule has 0 fully saturated rings. The number of nitriles is 1. The first kappa shape index (κ1) is 14.5. The molecule has 0 spiro atoms. The summed E-state index contributed by atoms with van der Waals surface area (Å²) >= 11 is 0. The molecule has 106 valence electrons. The quantitative estimate of drug-likeness (QED) is 0.870. The highest BCUT2D eigenvalue weighted by molar-refractivity contribution is 5.92. The number of nitrogens with one attached hydrogen (secondary N) is 2. The lowest BCUT2D eigenvalue weighted by Crippen LogP contribution is -2.24. The summed E-state index contributed by atoms with van der Waals surface area (Å²) in [5.41, 5.74) is 1.88. The number of amides is 1. The smallest absolute Gasteiger partial charge is 0.271 e. The van der Waals surface area contributed by atoms with Crippen molar-refractivity contribution in [1.82, 2.24) is 15.5 Å². The lowest BCUT2D eigenvalue weighted by atomic mass is 10.1. The van der Waals surface area contributed by atoms with Crippen molar-refractivity contribution in [2.75, 3.05) is 11.9 Å². The molecule has 2 N–H and O–H groups in total. The number of hydrogen-bond acceptors (Lipinski definition) is 5. The Morgan fingerprint density at radius 2 is 2.14 bits per heavy atom. The molecular formula is C15H15N5O. The number of hydrogen-bond donors (Lipinski definition) is 2. The molecular weight excluding hydrogens is 266 g/mol. The van der Waals surface area contributed by atoms with Crippen LogP contribution in [0.15, 0.2) is 36.4 Å². The fourth-order valence-corrected chi connectivity index (χ4v) is 1.74. The van der Waals surface area contributed by atoms with Crippen molar-refractivity contribution in [2.24, 2.45) is 0 Å². The van der Waals surface area contributed by atoms with Gasteiger partial charge in [0.2, 0.25) is 0 Å². The topological polar surface area (TPSA) is 90.7 Å². The van der Waals surface area contributed by atoms with Gasteiger partial charge in [0.15, 0.2) is 5.69 Å². The van der Waals surface area contributed by atoms with Gasteiger partial charge in [0.25, 0.3) is 5.91 Å². The molecule has 0 aliphatic carbocycles. The molecule has 0 aliphatic rings. The predicted octanol–water partition coefficient (Wildman–Crippen LogP) is 1.71. The molecule has 6 nitrogen and oxygen atoms in total. The normalized spacial score (nSPS) is 9.71. The van der Waals surface area contributed by atoms with Crippen molar-refractivity contribution in [3.05, 3.63) is 53.2 Å². The van der Waals surface area contributed by atoms with Crippen LogP contribution in [-0.2, 0) is 6.54 Å². The van der Waals surface area contributed by atoms with E-state index in [0.717, 1.165) is 5.56 Å². The SMILES string of the molecule is CCNC(=O)c1ccc(NCc2cccc(C#N)c2)nn1. The maximum Gasteiger partial charge on any atom is 0.271 e. The van der Waals surface area contributed by atoms with E-state index in [1.54, 1.807) is 18.2 Å².